The van der Waals surface area contributed by atoms with Crippen molar-refractivity contribution in [3.63, 3.8) is 0 Å². The highest BCUT2D eigenvalue weighted by atomic mass is 35.5. The number of benzene rings is 2. The molecule has 1 aliphatic carbocycles. The summed E-state index contributed by atoms with van der Waals surface area (Å²) in [7, 11) is -4.01. The van der Waals surface area contributed by atoms with E-state index in [0.717, 1.165) is 43.3 Å². The third kappa shape index (κ3) is 5.03. The van der Waals surface area contributed by atoms with Crippen LogP contribution in [0.4, 0.5) is 13.2 Å². The third-order valence-corrected chi connectivity index (χ3v) is 8.79. The van der Waals surface area contributed by atoms with Crippen LogP contribution in [0.15, 0.2) is 41.3 Å². The van der Waals surface area contributed by atoms with E-state index in [0.29, 0.717) is 36.9 Å². The molecule has 5 nitrogen and oxygen atoms in total. The molecule has 1 unspecified atom stereocenters. The van der Waals surface area contributed by atoms with E-state index in [9.17, 15) is 21.6 Å². The van der Waals surface area contributed by atoms with E-state index >= 15 is 0 Å². The van der Waals surface area contributed by atoms with Crippen LogP contribution in [0.2, 0.25) is 5.02 Å². The van der Waals surface area contributed by atoms with Gasteiger partial charge in [-0.1, -0.05) is 29.3 Å². The number of alkyl halides is 3. The molecule has 1 aromatic heterocycles. The van der Waals surface area contributed by atoms with E-state index in [2.05, 4.69) is 4.90 Å². The van der Waals surface area contributed by atoms with Gasteiger partial charge in [0.15, 0.2) is 0 Å². The molecule has 1 atom stereocenters. The minimum absolute atomic E-state index is 0.00429. The van der Waals surface area contributed by atoms with Crippen molar-refractivity contribution in [1.29, 1.82) is 0 Å². The third-order valence-electron chi connectivity index (χ3n) is 7.20. The smallest absolute Gasteiger partial charge is 0.343 e. The zero-order valence-electron chi connectivity index (χ0n) is 19.9. The van der Waals surface area contributed by atoms with Gasteiger partial charge in [-0.25, -0.2) is 0 Å². The molecule has 0 saturated carbocycles. The largest absolute Gasteiger partial charge is 0.418 e. The van der Waals surface area contributed by atoms with Crippen LogP contribution < -0.4 is 0 Å². The van der Waals surface area contributed by atoms with Crippen LogP contribution in [-0.2, 0) is 39.9 Å². The number of halogens is 4. The molecule has 2 heterocycles. The Morgan fingerprint density at radius 2 is 1.78 bits per heavy atom. The predicted molar refractivity (Wildman–Crippen MR) is 133 cm³/mol. The van der Waals surface area contributed by atoms with E-state index < -0.39 is 28.0 Å². The molecule has 5 rings (SSSR count). The maximum Gasteiger partial charge on any atom is 0.418 e. The summed E-state index contributed by atoms with van der Waals surface area (Å²) in [5, 5.41) is 0.428. The Morgan fingerprint density at radius 3 is 2.44 bits per heavy atom. The first-order valence-corrected chi connectivity index (χ1v) is 13.9. The van der Waals surface area contributed by atoms with Crippen LogP contribution in [0.25, 0.3) is 10.9 Å². The Balaban J connectivity index is 1.52. The molecule has 36 heavy (non-hydrogen) atoms. The molecule has 1 fully saturated rings. The summed E-state index contributed by atoms with van der Waals surface area (Å²) in [6.07, 6.45) is -2.02. The fraction of sp³-hybridized carbons (Fsp3) is 0.462. The average Bonchev–Trinajstić information content (AvgIpc) is 3.43. The average molecular weight is 541 g/mol. The minimum Gasteiger partial charge on any atom is -0.343 e. The standard InChI is InChI=1S/C26H28ClF3N2O3S/c1-17-4-7-20(8-5-17)36(33,34)35-19-6-9-24-21(16-19)22-14-18(27)15-23(26(28,29)30)25(22)32(24)13-12-31-10-2-3-11-31/h4-5,7-8,14-15,19H,2-3,6,9-13,16H2,1H3. The predicted octanol–water partition coefficient (Wildman–Crippen LogP) is 5.98. The molecule has 0 N–H and O–H groups in total. The summed E-state index contributed by atoms with van der Waals surface area (Å²) in [6.45, 7) is 4.86. The molecule has 0 radical (unpaired) electrons. The minimum atomic E-state index is -4.57. The lowest BCUT2D eigenvalue weighted by molar-refractivity contribution is -0.136. The number of fused-ring (bicyclic) bond motifs is 3. The van der Waals surface area contributed by atoms with Crippen LogP contribution in [0.3, 0.4) is 0 Å². The first kappa shape index (κ1) is 25.6. The molecule has 2 aromatic carbocycles. The van der Waals surface area contributed by atoms with Crippen LogP contribution in [-0.4, -0.2) is 43.6 Å². The molecular formula is C26H28ClF3N2O3S. The zero-order chi connectivity index (χ0) is 25.7. The summed E-state index contributed by atoms with van der Waals surface area (Å²) in [5.74, 6) is 0. The second-order valence-corrected chi connectivity index (χ2v) is 11.7. The lowest BCUT2D eigenvalue weighted by Gasteiger charge is -2.25. The highest BCUT2D eigenvalue weighted by Gasteiger charge is 2.38. The molecule has 10 heteroatoms. The van der Waals surface area contributed by atoms with Gasteiger partial charge in [-0.2, -0.15) is 21.6 Å². The van der Waals surface area contributed by atoms with E-state index in [4.69, 9.17) is 15.8 Å². The Morgan fingerprint density at radius 1 is 1.08 bits per heavy atom. The van der Waals surface area contributed by atoms with Gasteiger partial charge in [-0.05, 0) is 75.5 Å². The van der Waals surface area contributed by atoms with Gasteiger partial charge >= 0.3 is 6.18 Å². The number of rotatable bonds is 6. The van der Waals surface area contributed by atoms with E-state index in [1.54, 1.807) is 22.8 Å². The van der Waals surface area contributed by atoms with Gasteiger partial charge in [0.25, 0.3) is 10.1 Å². The van der Waals surface area contributed by atoms with E-state index in [1.165, 1.54) is 12.1 Å². The van der Waals surface area contributed by atoms with Crippen LogP contribution in [0.5, 0.6) is 0 Å². The molecular weight excluding hydrogens is 513 g/mol. The van der Waals surface area contributed by atoms with Gasteiger partial charge in [0, 0.05) is 35.6 Å². The second kappa shape index (κ2) is 9.67. The summed E-state index contributed by atoms with van der Waals surface area (Å²) in [4.78, 5) is 2.33. The number of nitrogens with zero attached hydrogens (tertiary/aromatic N) is 2. The summed E-state index contributed by atoms with van der Waals surface area (Å²) >= 11 is 6.15. The number of hydrogen-bond donors (Lipinski definition) is 0. The SMILES string of the molecule is Cc1ccc(S(=O)(=O)OC2CCc3c(c4cc(Cl)cc(C(F)(F)F)c4n3CCN3CCCC3)C2)cc1. The molecule has 2 aliphatic rings. The van der Waals surface area contributed by atoms with Crippen LogP contribution >= 0.6 is 11.6 Å². The Labute approximate surface area is 213 Å². The van der Waals surface area contributed by atoms with Crippen molar-refractivity contribution in [2.75, 3.05) is 19.6 Å². The van der Waals surface area contributed by atoms with Gasteiger partial charge in [0.1, 0.15) is 0 Å². The first-order valence-electron chi connectivity index (χ1n) is 12.2. The zero-order valence-corrected chi connectivity index (χ0v) is 21.5. The molecule has 0 bridgehead atoms. The lowest BCUT2D eigenvalue weighted by Crippen LogP contribution is -2.28. The summed E-state index contributed by atoms with van der Waals surface area (Å²) in [5.41, 5.74) is 1.79. The second-order valence-electron chi connectivity index (χ2n) is 9.70. The maximum atomic E-state index is 14.1. The van der Waals surface area contributed by atoms with Gasteiger partial charge in [-0.15, -0.1) is 0 Å². The molecule has 1 aliphatic heterocycles. The fourth-order valence-corrected chi connectivity index (χ4v) is 6.77. The van der Waals surface area contributed by atoms with Crippen molar-refractivity contribution in [3.8, 4) is 0 Å². The quantitative estimate of drug-likeness (QED) is 0.361. The van der Waals surface area contributed by atoms with Gasteiger partial charge in [-0.3, -0.25) is 4.18 Å². The first-order chi connectivity index (χ1) is 17.0. The van der Waals surface area contributed by atoms with Gasteiger partial charge < -0.3 is 9.47 Å². The molecule has 3 aromatic rings. The molecule has 1 saturated heterocycles. The molecule has 0 spiro atoms. The number of aryl methyl sites for hydroxylation is 1. The number of likely N-dealkylation sites (tertiary alicyclic amines) is 1. The van der Waals surface area contributed by atoms with Crippen LogP contribution in [0, 0.1) is 6.92 Å². The number of hydrogen-bond acceptors (Lipinski definition) is 4. The van der Waals surface area contributed by atoms with Crippen molar-refractivity contribution >= 4 is 32.6 Å². The monoisotopic (exact) mass is 540 g/mol. The maximum absolute atomic E-state index is 14.1. The number of aromatic nitrogens is 1. The highest BCUT2D eigenvalue weighted by molar-refractivity contribution is 7.86. The summed E-state index contributed by atoms with van der Waals surface area (Å²) in [6, 6.07) is 8.94. The van der Waals surface area contributed by atoms with Crippen molar-refractivity contribution in [1.82, 2.24) is 9.47 Å². The fourth-order valence-electron chi connectivity index (χ4n) is 5.45. The normalized spacial score (nSPS) is 19.2. The Kier molecular flexibility index (Phi) is 6.87. The molecule has 194 valence electrons. The lowest BCUT2D eigenvalue weighted by atomic mass is 9.93. The van der Waals surface area contributed by atoms with Crippen molar-refractivity contribution < 1.29 is 25.8 Å². The van der Waals surface area contributed by atoms with E-state index in [-0.39, 0.29) is 21.9 Å². The Hall–Kier alpha value is -2.07. The van der Waals surface area contributed by atoms with Crippen molar-refractivity contribution in [2.45, 2.75) is 62.7 Å². The van der Waals surface area contributed by atoms with Gasteiger partial charge in [0.05, 0.1) is 22.1 Å². The Bertz CT molecular complexity index is 1380. The topological polar surface area (TPSA) is 51.5 Å². The van der Waals surface area contributed by atoms with Crippen LogP contribution in [0.1, 0.15) is 41.6 Å². The molecule has 0 amide bonds. The highest BCUT2D eigenvalue weighted by Crippen LogP contribution is 2.42. The van der Waals surface area contributed by atoms with E-state index in [1.807, 2.05) is 6.92 Å². The summed E-state index contributed by atoms with van der Waals surface area (Å²) < 4.78 is 75.5. The van der Waals surface area contributed by atoms with Crippen molar-refractivity contribution in [2.24, 2.45) is 0 Å². The van der Waals surface area contributed by atoms with Gasteiger partial charge in [0.2, 0.25) is 0 Å². The van der Waals surface area contributed by atoms with Crippen molar-refractivity contribution in [3.05, 3.63) is 63.8 Å².